The number of rotatable bonds is 4. The lowest BCUT2D eigenvalue weighted by molar-refractivity contribution is -0.0166. The highest BCUT2D eigenvalue weighted by atomic mass is 19.2. The molecule has 1 aromatic rings. The Kier molecular flexibility index (Phi) is 3.77. The summed E-state index contributed by atoms with van der Waals surface area (Å²) in [5, 5.41) is 9.77. The first-order valence-corrected chi connectivity index (χ1v) is 4.60. The van der Waals surface area contributed by atoms with Crippen LogP contribution in [0.4, 0.5) is 8.78 Å². The normalized spacial score (nSPS) is 15.0. The Labute approximate surface area is 87.5 Å². The summed E-state index contributed by atoms with van der Waals surface area (Å²) in [4.78, 5) is 0. The molecule has 1 rings (SSSR count). The Bertz CT molecular complexity index is 337. The first kappa shape index (κ1) is 12.1. The van der Waals surface area contributed by atoms with E-state index in [4.69, 9.17) is 4.74 Å². The molecule has 4 heteroatoms. The molecule has 0 radical (unpaired) electrons. The van der Waals surface area contributed by atoms with Gasteiger partial charge in [-0.2, -0.15) is 0 Å². The number of hydrogen-bond acceptors (Lipinski definition) is 2. The van der Waals surface area contributed by atoms with Gasteiger partial charge in [0.2, 0.25) is 0 Å². The van der Waals surface area contributed by atoms with Crippen molar-refractivity contribution in [2.75, 3.05) is 13.7 Å². The monoisotopic (exact) mass is 216 g/mol. The van der Waals surface area contributed by atoms with Gasteiger partial charge in [0.1, 0.15) is 0 Å². The van der Waals surface area contributed by atoms with Gasteiger partial charge in [0, 0.05) is 13.5 Å². The zero-order chi connectivity index (χ0) is 11.5. The molecule has 0 saturated carbocycles. The third-order valence-electron chi connectivity index (χ3n) is 2.06. The summed E-state index contributed by atoms with van der Waals surface area (Å²) >= 11 is 0. The van der Waals surface area contributed by atoms with Gasteiger partial charge in [-0.1, -0.05) is 12.1 Å². The van der Waals surface area contributed by atoms with Crippen LogP contribution in [0.25, 0.3) is 0 Å². The Hall–Kier alpha value is -1.00. The highest BCUT2D eigenvalue weighted by Crippen LogP contribution is 2.18. The number of aliphatic hydroxyl groups is 1. The van der Waals surface area contributed by atoms with Crippen molar-refractivity contribution >= 4 is 0 Å². The van der Waals surface area contributed by atoms with Crippen molar-refractivity contribution in [2.24, 2.45) is 0 Å². The average molecular weight is 216 g/mol. The Balaban J connectivity index is 2.85. The molecule has 1 N–H and O–H groups in total. The van der Waals surface area contributed by atoms with Crippen LogP contribution < -0.4 is 0 Å². The third-order valence-corrected chi connectivity index (χ3v) is 2.06. The largest absolute Gasteiger partial charge is 0.387 e. The number of hydrogen-bond donors (Lipinski definition) is 1. The van der Waals surface area contributed by atoms with E-state index in [-0.39, 0.29) is 18.6 Å². The van der Waals surface area contributed by atoms with Crippen LogP contribution >= 0.6 is 0 Å². The molecule has 15 heavy (non-hydrogen) atoms. The van der Waals surface area contributed by atoms with E-state index in [1.165, 1.54) is 26.2 Å². The predicted molar refractivity (Wildman–Crippen MR) is 52.6 cm³/mol. The van der Waals surface area contributed by atoms with E-state index in [0.717, 1.165) is 6.07 Å². The molecule has 84 valence electrons. The lowest BCUT2D eigenvalue weighted by atomic mass is 9.97. The van der Waals surface area contributed by atoms with E-state index in [1.54, 1.807) is 0 Å². The summed E-state index contributed by atoms with van der Waals surface area (Å²) in [5.41, 5.74) is -1.04. The summed E-state index contributed by atoms with van der Waals surface area (Å²) in [7, 11) is 1.44. The number of ether oxygens (including phenoxy) is 1. The molecule has 1 atom stereocenters. The first-order valence-electron chi connectivity index (χ1n) is 4.60. The minimum absolute atomic E-state index is 0.0183. The van der Waals surface area contributed by atoms with Gasteiger partial charge in [-0.3, -0.25) is 0 Å². The Morgan fingerprint density at radius 3 is 2.67 bits per heavy atom. The van der Waals surface area contributed by atoms with Crippen molar-refractivity contribution in [3.8, 4) is 0 Å². The Morgan fingerprint density at radius 1 is 1.40 bits per heavy atom. The smallest absolute Gasteiger partial charge is 0.162 e. The van der Waals surface area contributed by atoms with Gasteiger partial charge in [0.15, 0.2) is 11.6 Å². The second-order valence-corrected chi connectivity index (χ2v) is 3.82. The standard InChI is InChI=1S/C11H14F2O2/c1-11(14,7-15-2)6-8-4-3-5-9(12)10(8)13/h3-5,14H,6-7H2,1-2H3. The zero-order valence-corrected chi connectivity index (χ0v) is 8.76. The van der Waals surface area contributed by atoms with E-state index < -0.39 is 17.2 Å². The molecule has 0 saturated heterocycles. The molecule has 0 heterocycles. The van der Waals surface area contributed by atoms with E-state index in [2.05, 4.69) is 0 Å². The molecule has 1 aromatic carbocycles. The van der Waals surface area contributed by atoms with Gasteiger partial charge in [0.05, 0.1) is 12.2 Å². The van der Waals surface area contributed by atoms with Crippen molar-refractivity contribution in [3.63, 3.8) is 0 Å². The molecular formula is C11H14F2O2. The topological polar surface area (TPSA) is 29.5 Å². The second-order valence-electron chi connectivity index (χ2n) is 3.82. The summed E-state index contributed by atoms with van der Waals surface area (Å²) in [5.74, 6) is -1.81. The highest BCUT2D eigenvalue weighted by molar-refractivity contribution is 5.20. The second kappa shape index (κ2) is 4.68. The third kappa shape index (κ3) is 3.25. The quantitative estimate of drug-likeness (QED) is 0.833. The molecule has 2 nitrogen and oxygen atoms in total. The molecule has 0 aromatic heterocycles. The van der Waals surface area contributed by atoms with Crippen LogP contribution in [0.5, 0.6) is 0 Å². The zero-order valence-electron chi connectivity index (χ0n) is 8.76. The minimum atomic E-state index is -1.19. The molecule has 0 amide bonds. The Morgan fingerprint density at radius 2 is 2.07 bits per heavy atom. The van der Waals surface area contributed by atoms with Crippen LogP contribution in [-0.4, -0.2) is 24.4 Å². The van der Waals surface area contributed by atoms with E-state index in [0.29, 0.717) is 0 Å². The van der Waals surface area contributed by atoms with Crippen LogP contribution in [0, 0.1) is 11.6 Å². The van der Waals surface area contributed by atoms with Crippen LogP contribution in [0.3, 0.4) is 0 Å². The van der Waals surface area contributed by atoms with Crippen molar-refractivity contribution in [1.29, 1.82) is 0 Å². The number of benzene rings is 1. The lowest BCUT2D eigenvalue weighted by Gasteiger charge is -2.22. The molecule has 0 aliphatic rings. The number of methoxy groups -OCH3 is 1. The fraction of sp³-hybridized carbons (Fsp3) is 0.455. The fourth-order valence-electron chi connectivity index (χ4n) is 1.46. The van der Waals surface area contributed by atoms with E-state index in [1.807, 2.05) is 0 Å². The van der Waals surface area contributed by atoms with Crippen molar-refractivity contribution in [3.05, 3.63) is 35.4 Å². The van der Waals surface area contributed by atoms with E-state index in [9.17, 15) is 13.9 Å². The van der Waals surface area contributed by atoms with Gasteiger partial charge in [-0.25, -0.2) is 8.78 Å². The van der Waals surface area contributed by atoms with Crippen molar-refractivity contribution < 1.29 is 18.6 Å². The summed E-state index contributed by atoms with van der Waals surface area (Å²) in [6.45, 7) is 1.59. The average Bonchev–Trinajstić information content (AvgIpc) is 2.12. The molecule has 0 aliphatic carbocycles. The summed E-state index contributed by atoms with van der Waals surface area (Å²) < 4.78 is 30.9. The number of halogens is 2. The molecule has 0 aliphatic heterocycles. The van der Waals surface area contributed by atoms with Crippen LogP contribution in [0.1, 0.15) is 12.5 Å². The van der Waals surface area contributed by atoms with Gasteiger partial charge >= 0.3 is 0 Å². The van der Waals surface area contributed by atoms with Gasteiger partial charge in [-0.15, -0.1) is 0 Å². The predicted octanol–water partition coefficient (Wildman–Crippen LogP) is 1.90. The van der Waals surface area contributed by atoms with Gasteiger partial charge < -0.3 is 9.84 Å². The summed E-state index contributed by atoms with van der Waals surface area (Å²) in [6, 6.07) is 3.91. The van der Waals surface area contributed by atoms with Gasteiger partial charge in [-0.05, 0) is 18.6 Å². The maximum Gasteiger partial charge on any atom is 0.162 e. The van der Waals surface area contributed by atoms with E-state index >= 15 is 0 Å². The maximum atomic E-state index is 13.2. The fourth-order valence-corrected chi connectivity index (χ4v) is 1.46. The first-order chi connectivity index (χ1) is 6.96. The van der Waals surface area contributed by atoms with Crippen LogP contribution in [0.2, 0.25) is 0 Å². The van der Waals surface area contributed by atoms with Crippen molar-refractivity contribution in [2.45, 2.75) is 18.9 Å². The molecular weight excluding hydrogens is 202 g/mol. The lowest BCUT2D eigenvalue weighted by Crippen LogP contribution is -2.33. The molecule has 0 spiro atoms. The summed E-state index contributed by atoms with van der Waals surface area (Å²) in [6.07, 6.45) is 0.0183. The maximum absolute atomic E-state index is 13.2. The highest BCUT2D eigenvalue weighted by Gasteiger charge is 2.23. The van der Waals surface area contributed by atoms with Crippen molar-refractivity contribution in [1.82, 2.24) is 0 Å². The van der Waals surface area contributed by atoms with Gasteiger partial charge in [0.25, 0.3) is 0 Å². The van der Waals surface area contributed by atoms with Crippen LogP contribution in [0.15, 0.2) is 18.2 Å². The van der Waals surface area contributed by atoms with Crippen LogP contribution in [-0.2, 0) is 11.2 Å². The molecule has 1 unspecified atom stereocenters. The molecule has 0 fully saturated rings. The molecule has 0 bridgehead atoms. The SMILES string of the molecule is COCC(C)(O)Cc1cccc(F)c1F. The minimum Gasteiger partial charge on any atom is -0.387 e.